The predicted molar refractivity (Wildman–Crippen MR) is 68.1 cm³/mol. The smallest absolute Gasteiger partial charge is 0.0713 e. The maximum absolute atomic E-state index is 10.5. The molecule has 1 N–H and O–H groups in total. The van der Waals surface area contributed by atoms with Crippen molar-refractivity contribution in [3.8, 4) is 0 Å². The molecule has 1 atom stereocenters. The van der Waals surface area contributed by atoms with Gasteiger partial charge in [-0.15, -0.1) is 0 Å². The average Bonchev–Trinajstić information content (AvgIpc) is 3.08. The minimum Gasteiger partial charge on any atom is -0.389 e. The van der Waals surface area contributed by atoms with Gasteiger partial charge in [-0.1, -0.05) is 42.3 Å². The highest BCUT2D eigenvalue weighted by Crippen LogP contribution is 2.44. The molecule has 2 rings (SSSR count). The van der Waals surface area contributed by atoms with Crippen molar-refractivity contribution in [2.45, 2.75) is 38.2 Å². The molecule has 0 heterocycles. The van der Waals surface area contributed by atoms with Gasteiger partial charge in [0.15, 0.2) is 0 Å². The third kappa shape index (κ3) is 2.37. The minimum atomic E-state index is -0.603. The Morgan fingerprint density at radius 3 is 2.62 bits per heavy atom. The van der Waals surface area contributed by atoms with Gasteiger partial charge in [0, 0.05) is 6.42 Å². The van der Waals surface area contributed by atoms with Crippen molar-refractivity contribution < 1.29 is 5.11 Å². The number of hydrogen-bond acceptors (Lipinski definition) is 1. The van der Waals surface area contributed by atoms with Crippen molar-refractivity contribution in [3.05, 3.63) is 33.8 Å². The first kappa shape index (κ1) is 12.2. The van der Waals surface area contributed by atoms with Crippen LogP contribution in [0.2, 0.25) is 10.0 Å². The fraction of sp³-hybridized carbons (Fsp3) is 0.538. The third-order valence-electron chi connectivity index (χ3n) is 3.48. The zero-order chi connectivity index (χ0) is 11.8. The van der Waals surface area contributed by atoms with Crippen LogP contribution in [0.1, 0.15) is 31.7 Å². The summed E-state index contributed by atoms with van der Waals surface area (Å²) in [5.41, 5.74) is 0.347. The predicted octanol–water partition coefficient (Wildman–Crippen LogP) is 4.09. The molecule has 1 nitrogen and oxygen atoms in total. The van der Waals surface area contributed by atoms with Crippen molar-refractivity contribution in [2.24, 2.45) is 5.92 Å². The zero-order valence-electron chi connectivity index (χ0n) is 9.34. The van der Waals surface area contributed by atoms with Gasteiger partial charge in [0.05, 0.1) is 15.6 Å². The molecule has 0 aromatic heterocycles. The second-order valence-electron chi connectivity index (χ2n) is 4.62. The minimum absolute atomic E-state index is 0.438. The molecule has 1 aliphatic rings. The maximum atomic E-state index is 10.5. The lowest BCUT2D eigenvalue weighted by Crippen LogP contribution is -2.33. The summed E-state index contributed by atoms with van der Waals surface area (Å²) in [5, 5.41) is 11.7. The molecule has 0 bridgehead atoms. The van der Waals surface area contributed by atoms with Crippen LogP contribution in [0.25, 0.3) is 0 Å². The van der Waals surface area contributed by atoms with E-state index in [2.05, 4.69) is 0 Å². The Morgan fingerprint density at radius 2 is 2.06 bits per heavy atom. The lowest BCUT2D eigenvalue weighted by atomic mass is 9.87. The molecular weight excluding hydrogens is 243 g/mol. The number of benzene rings is 1. The van der Waals surface area contributed by atoms with Crippen LogP contribution in [0.5, 0.6) is 0 Å². The molecule has 0 spiro atoms. The molecule has 1 aromatic carbocycles. The van der Waals surface area contributed by atoms with Gasteiger partial charge in [0.1, 0.15) is 0 Å². The molecule has 1 unspecified atom stereocenters. The number of hydrogen-bond donors (Lipinski definition) is 1. The summed E-state index contributed by atoms with van der Waals surface area (Å²) in [6.45, 7) is 2.02. The quantitative estimate of drug-likeness (QED) is 0.863. The summed E-state index contributed by atoms with van der Waals surface area (Å²) in [5.74, 6) is 0.438. The molecule has 1 aliphatic carbocycles. The first-order valence-electron chi connectivity index (χ1n) is 5.72. The van der Waals surface area contributed by atoms with E-state index in [1.165, 1.54) is 0 Å². The van der Waals surface area contributed by atoms with Crippen LogP contribution in [-0.2, 0) is 6.42 Å². The monoisotopic (exact) mass is 258 g/mol. The van der Waals surface area contributed by atoms with Crippen molar-refractivity contribution in [1.82, 2.24) is 0 Å². The molecule has 0 aliphatic heterocycles. The van der Waals surface area contributed by atoms with Crippen LogP contribution in [0, 0.1) is 5.92 Å². The van der Waals surface area contributed by atoms with E-state index in [1.807, 2.05) is 19.1 Å². The summed E-state index contributed by atoms with van der Waals surface area (Å²) in [6.07, 6.45) is 3.62. The molecule has 88 valence electrons. The molecular formula is C13H16Cl2O. The third-order valence-corrected chi connectivity index (χ3v) is 4.34. The van der Waals surface area contributed by atoms with Crippen LogP contribution >= 0.6 is 23.2 Å². The van der Waals surface area contributed by atoms with E-state index in [0.717, 1.165) is 24.8 Å². The molecule has 0 amide bonds. The number of aliphatic hydroxyl groups is 1. The summed E-state index contributed by atoms with van der Waals surface area (Å²) < 4.78 is 0. The van der Waals surface area contributed by atoms with Crippen LogP contribution in [-0.4, -0.2) is 10.7 Å². The molecule has 16 heavy (non-hydrogen) atoms. The fourth-order valence-electron chi connectivity index (χ4n) is 2.19. The Hall–Kier alpha value is -0.240. The first-order chi connectivity index (χ1) is 7.57. The van der Waals surface area contributed by atoms with Gasteiger partial charge in [-0.05, 0) is 36.8 Å². The number of halogens is 2. The fourth-order valence-corrected chi connectivity index (χ4v) is 2.58. The van der Waals surface area contributed by atoms with E-state index in [1.54, 1.807) is 6.07 Å². The summed E-state index contributed by atoms with van der Waals surface area (Å²) >= 11 is 12.1. The summed E-state index contributed by atoms with van der Waals surface area (Å²) in [6, 6.07) is 5.60. The topological polar surface area (TPSA) is 20.2 Å². The SMILES string of the molecule is CCC(O)(Cc1cccc(Cl)c1Cl)C1CC1. The van der Waals surface area contributed by atoms with Crippen molar-refractivity contribution in [1.29, 1.82) is 0 Å². The van der Waals surface area contributed by atoms with Gasteiger partial charge in [-0.25, -0.2) is 0 Å². The highest BCUT2D eigenvalue weighted by atomic mass is 35.5. The molecule has 0 radical (unpaired) electrons. The highest BCUT2D eigenvalue weighted by molar-refractivity contribution is 6.42. The zero-order valence-corrected chi connectivity index (χ0v) is 10.9. The van der Waals surface area contributed by atoms with Crippen molar-refractivity contribution in [3.63, 3.8) is 0 Å². The molecule has 3 heteroatoms. The molecule has 0 saturated heterocycles. The maximum Gasteiger partial charge on any atom is 0.0713 e. The standard InChI is InChI=1S/C13H16Cl2O/c1-2-13(16,10-6-7-10)8-9-4-3-5-11(14)12(9)15/h3-5,10,16H,2,6-8H2,1H3. The van der Waals surface area contributed by atoms with Crippen molar-refractivity contribution >= 4 is 23.2 Å². The largest absolute Gasteiger partial charge is 0.389 e. The van der Waals surface area contributed by atoms with Crippen LogP contribution in [0.15, 0.2) is 18.2 Å². The van der Waals surface area contributed by atoms with Gasteiger partial charge < -0.3 is 5.11 Å². The average molecular weight is 259 g/mol. The van der Waals surface area contributed by atoms with E-state index in [9.17, 15) is 5.11 Å². The normalized spacial score (nSPS) is 19.5. The van der Waals surface area contributed by atoms with Crippen LogP contribution < -0.4 is 0 Å². The second-order valence-corrected chi connectivity index (χ2v) is 5.41. The van der Waals surface area contributed by atoms with Crippen molar-refractivity contribution in [2.75, 3.05) is 0 Å². The molecule has 1 saturated carbocycles. The van der Waals surface area contributed by atoms with Gasteiger partial charge >= 0.3 is 0 Å². The van der Waals surface area contributed by atoms with E-state index in [-0.39, 0.29) is 0 Å². The highest BCUT2D eigenvalue weighted by Gasteiger charge is 2.42. The van der Waals surface area contributed by atoms with Gasteiger partial charge in [0.25, 0.3) is 0 Å². The van der Waals surface area contributed by atoms with Gasteiger partial charge in [-0.3, -0.25) is 0 Å². The Bertz CT molecular complexity index is 388. The lowest BCUT2D eigenvalue weighted by molar-refractivity contribution is 0.0139. The second kappa shape index (κ2) is 4.56. The Balaban J connectivity index is 2.22. The van der Waals surface area contributed by atoms with Crippen LogP contribution in [0.4, 0.5) is 0 Å². The van der Waals surface area contributed by atoms with Gasteiger partial charge in [0.2, 0.25) is 0 Å². The van der Waals surface area contributed by atoms with E-state index < -0.39 is 5.60 Å². The molecule has 1 fully saturated rings. The van der Waals surface area contributed by atoms with E-state index >= 15 is 0 Å². The molecule has 1 aromatic rings. The van der Waals surface area contributed by atoms with Gasteiger partial charge in [-0.2, -0.15) is 0 Å². The van der Waals surface area contributed by atoms with Crippen LogP contribution in [0.3, 0.4) is 0 Å². The summed E-state index contributed by atoms with van der Waals surface area (Å²) in [4.78, 5) is 0. The lowest BCUT2D eigenvalue weighted by Gasteiger charge is -2.27. The number of rotatable bonds is 4. The Kier molecular flexibility index (Phi) is 3.48. The first-order valence-corrected chi connectivity index (χ1v) is 6.47. The summed E-state index contributed by atoms with van der Waals surface area (Å²) in [7, 11) is 0. The Labute approximate surface area is 106 Å². The van der Waals surface area contributed by atoms with E-state index in [0.29, 0.717) is 22.4 Å². The van der Waals surface area contributed by atoms with E-state index in [4.69, 9.17) is 23.2 Å². The Morgan fingerprint density at radius 1 is 1.38 bits per heavy atom.